The predicted molar refractivity (Wildman–Crippen MR) is 149 cm³/mol. The van der Waals surface area contributed by atoms with Crippen LogP contribution in [-0.4, -0.2) is 81.6 Å². The SMILES string of the molecule is CCc1c(F)ccc2cc(O)cc(N3Cc4nc(OC[C@@]56CCCN5C[C@H](F)C6)nc(N5CC[C@@H]5CO)c4C3=O)c12. The third kappa shape index (κ3) is 4.12. The number of anilines is 2. The Labute approximate surface area is 236 Å². The molecule has 3 fully saturated rings. The minimum Gasteiger partial charge on any atom is -0.508 e. The van der Waals surface area contributed by atoms with E-state index in [1.54, 1.807) is 12.1 Å². The van der Waals surface area contributed by atoms with E-state index in [0.29, 0.717) is 65.0 Å². The van der Waals surface area contributed by atoms with E-state index in [1.807, 2.05) is 11.8 Å². The van der Waals surface area contributed by atoms with Gasteiger partial charge in [0.1, 0.15) is 35.7 Å². The monoisotopic (exact) mass is 565 g/mol. The maximum Gasteiger partial charge on any atom is 0.318 e. The zero-order chi connectivity index (χ0) is 28.5. The Bertz CT molecular complexity index is 1550. The van der Waals surface area contributed by atoms with Crippen LogP contribution in [0, 0.1) is 5.82 Å². The second-order valence-electron chi connectivity index (χ2n) is 11.7. The van der Waals surface area contributed by atoms with Crippen LogP contribution in [0.15, 0.2) is 24.3 Å². The van der Waals surface area contributed by atoms with Gasteiger partial charge in [-0.1, -0.05) is 13.0 Å². The zero-order valence-electron chi connectivity index (χ0n) is 22.9. The molecule has 1 amide bonds. The van der Waals surface area contributed by atoms with Crippen molar-refractivity contribution >= 4 is 28.2 Å². The number of phenolic OH excluding ortho intramolecular Hbond substituents is 1. The van der Waals surface area contributed by atoms with Crippen molar-refractivity contribution in [3.63, 3.8) is 0 Å². The second-order valence-corrected chi connectivity index (χ2v) is 11.7. The van der Waals surface area contributed by atoms with Crippen LogP contribution >= 0.6 is 0 Å². The molecule has 0 saturated carbocycles. The number of nitrogens with zero attached hydrogens (tertiary/aromatic N) is 5. The summed E-state index contributed by atoms with van der Waals surface area (Å²) in [7, 11) is 0. The number of fused-ring (bicyclic) bond motifs is 3. The molecule has 0 radical (unpaired) electrons. The number of hydrogen-bond donors (Lipinski definition) is 2. The van der Waals surface area contributed by atoms with Crippen molar-refractivity contribution in [1.82, 2.24) is 14.9 Å². The largest absolute Gasteiger partial charge is 0.508 e. The number of ether oxygens (including phenoxy) is 1. The van der Waals surface area contributed by atoms with Crippen molar-refractivity contribution < 1.29 is 28.5 Å². The fourth-order valence-corrected chi connectivity index (χ4v) is 7.22. The van der Waals surface area contributed by atoms with Crippen LogP contribution in [0.2, 0.25) is 0 Å². The van der Waals surface area contributed by atoms with Gasteiger partial charge in [-0.25, -0.2) is 8.78 Å². The number of benzene rings is 2. The van der Waals surface area contributed by atoms with E-state index in [1.165, 1.54) is 17.0 Å². The molecular formula is C30H33F2N5O4. The van der Waals surface area contributed by atoms with Crippen LogP contribution in [0.5, 0.6) is 11.8 Å². The first-order chi connectivity index (χ1) is 19.8. The molecule has 4 aliphatic heterocycles. The number of phenols is 1. The molecule has 7 rings (SSSR count). The van der Waals surface area contributed by atoms with E-state index in [4.69, 9.17) is 4.74 Å². The highest BCUT2D eigenvalue weighted by atomic mass is 19.1. The molecule has 0 aliphatic carbocycles. The Morgan fingerprint density at radius 3 is 2.83 bits per heavy atom. The summed E-state index contributed by atoms with van der Waals surface area (Å²) in [5.41, 5.74) is 1.25. The molecule has 4 aliphatic rings. The molecule has 3 saturated heterocycles. The molecule has 0 bridgehead atoms. The number of aromatic hydroxyl groups is 1. The van der Waals surface area contributed by atoms with Crippen LogP contribution in [0.1, 0.15) is 54.2 Å². The normalized spacial score (nSPS) is 25.6. The molecule has 0 spiro atoms. The number of aryl methyl sites for hydroxylation is 1. The van der Waals surface area contributed by atoms with Gasteiger partial charge in [-0.3, -0.25) is 9.69 Å². The van der Waals surface area contributed by atoms with Crippen LogP contribution in [-0.2, 0) is 13.0 Å². The van der Waals surface area contributed by atoms with Gasteiger partial charge in [-0.05, 0) is 55.3 Å². The van der Waals surface area contributed by atoms with Crippen molar-refractivity contribution in [2.45, 2.75) is 63.3 Å². The molecule has 216 valence electrons. The molecule has 5 heterocycles. The number of alkyl halides is 1. The number of aromatic nitrogens is 2. The molecule has 41 heavy (non-hydrogen) atoms. The smallest absolute Gasteiger partial charge is 0.318 e. The summed E-state index contributed by atoms with van der Waals surface area (Å²) in [6.45, 7) is 3.97. The first-order valence-electron chi connectivity index (χ1n) is 14.4. The van der Waals surface area contributed by atoms with Gasteiger partial charge in [-0.15, -0.1) is 0 Å². The van der Waals surface area contributed by atoms with Gasteiger partial charge in [0.15, 0.2) is 0 Å². The lowest BCUT2D eigenvalue weighted by Crippen LogP contribution is -2.51. The Balaban J connectivity index is 1.29. The van der Waals surface area contributed by atoms with Crippen molar-refractivity contribution in [3.05, 3.63) is 46.9 Å². The first-order valence-corrected chi connectivity index (χ1v) is 14.4. The first kappa shape index (κ1) is 26.3. The Morgan fingerprint density at radius 2 is 2.07 bits per heavy atom. The van der Waals surface area contributed by atoms with E-state index in [-0.39, 0.29) is 54.8 Å². The quantitative estimate of drug-likeness (QED) is 0.447. The third-order valence-electron chi connectivity index (χ3n) is 9.35. The lowest BCUT2D eigenvalue weighted by Gasteiger charge is -2.41. The van der Waals surface area contributed by atoms with E-state index < -0.39 is 6.17 Å². The lowest BCUT2D eigenvalue weighted by molar-refractivity contribution is 0.0995. The van der Waals surface area contributed by atoms with Gasteiger partial charge >= 0.3 is 6.01 Å². The van der Waals surface area contributed by atoms with Crippen molar-refractivity contribution in [2.75, 3.05) is 42.6 Å². The summed E-state index contributed by atoms with van der Waals surface area (Å²) in [5, 5.41) is 21.6. The maximum atomic E-state index is 14.9. The molecular weight excluding hydrogens is 532 g/mol. The minimum absolute atomic E-state index is 0.0357. The molecule has 2 N–H and O–H groups in total. The Kier molecular flexibility index (Phi) is 6.27. The number of carbonyl (C=O) groups is 1. The van der Waals surface area contributed by atoms with Crippen LogP contribution in [0.3, 0.4) is 0 Å². The van der Waals surface area contributed by atoms with Crippen LogP contribution in [0.4, 0.5) is 20.3 Å². The molecule has 3 atom stereocenters. The topological polar surface area (TPSA) is 102 Å². The number of hydrogen-bond acceptors (Lipinski definition) is 8. The number of halogens is 2. The van der Waals surface area contributed by atoms with Gasteiger partial charge < -0.3 is 24.7 Å². The van der Waals surface area contributed by atoms with Gasteiger partial charge in [0.2, 0.25) is 0 Å². The maximum absolute atomic E-state index is 14.9. The Hall–Kier alpha value is -3.57. The van der Waals surface area contributed by atoms with E-state index in [2.05, 4.69) is 14.9 Å². The summed E-state index contributed by atoms with van der Waals surface area (Å²) in [5.74, 6) is -0.377. The van der Waals surface area contributed by atoms with Crippen molar-refractivity contribution in [2.24, 2.45) is 0 Å². The molecule has 2 aromatic carbocycles. The predicted octanol–water partition coefficient (Wildman–Crippen LogP) is 3.72. The highest BCUT2D eigenvalue weighted by Gasteiger charge is 2.49. The Morgan fingerprint density at radius 1 is 1.22 bits per heavy atom. The zero-order valence-corrected chi connectivity index (χ0v) is 22.9. The average molecular weight is 566 g/mol. The fourth-order valence-electron chi connectivity index (χ4n) is 7.22. The summed E-state index contributed by atoms with van der Waals surface area (Å²) in [4.78, 5) is 28.9. The van der Waals surface area contributed by atoms with Gasteiger partial charge in [0, 0.05) is 31.0 Å². The minimum atomic E-state index is -0.886. The standard InChI is InChI=1S/C30H33F2N5O4/c1-2-21-22(32)5-4-17-10-20(39)11-24(25(17)21)37-14-23-26(28(37)40)27(36-9-6-19(36)15-38)34-29(33-23)41-16-30-7-3-8-35(30)13-18(31)12-30/h4-5,10-11,18-19,38-39H,2-3,6-9,12-16H2,1H3/t18-,19-,30+/m1/s1. The highest BCUT2D eigenvalue weighted by molar-refractivity contribution is 6.16. The summed E-state index contributed by atoms with van der Waals surface area (Å²) >= 11 is 0. The van der Waals surface area contributed by atoms with E-state index >= 15 is 0 Å². The van der Waals surface area contributed by atoms with Crippen LogP contribution < -0.4 is 14.5 Å². The summed E-state index contributed by atoms with van der Waals surface area (Å²) in [6, 6.07) is 5.94. The van der Waals surface area contributed by atoms with Crippen molar-refractivity contribution in [3.8, 4) is 11.8 Å². The van der Waals surface area contributed by atoms with Crippen LogP contribution in [0.25, 0.3) is 10.8 Å². The molecule has 11 heteroatoms. The van der Waals surface area contributed by atoms with Gasteiger partial charge in [0.25, 0.3) is 5.91 Å². The fraction of sp³-hybridized carbons (Fsp3) is 0.500. The second kappa shape index (κ2) is 9.77. The lowest BCUT2D eigenvalue weighted by atomic mass is 9.95. The number of aliphatic hydroxyl groups excluding tert-OH is 1. The highest BCUT2D eigenvalue weighted by Crippen LogP contribution is 2.43. The molecule has 0 unspecified atom stereocenters. The number of amides is 1. The van der Waals surface area contributed by atoms with E-state index in [9.17, 15) is 23.8 Å². The summed E-state index contributed by atoms with van der Waals surface area (Å²) in [6.07, 6.45) is 2.52. The number of aliphatic hydroxyl groups is 1. The van der Waals surface area contributed by atoms with Gasteiger partial charge in [-0.2, -0.15) is 9.97 Å². The van der Waals surface area contributed by atoms with Crippen molar-refractivity contribution in [1.29, 1.82) is 0 Å². The number of rotatable bonds is 7. The third-order valence-corrected chi connectivity index (χ3v) is 9.35. The molecule has 9 nitrogen and oxygen atoms in total. The average Bonchev–Trinajstić information content (AvgIpc) is 3.56. The van der Waals surface area contributed by atoms with E-state index in [0.717, 1.165) is 25.8 Å². The number of carbonyl (C=O) groups excluding carboxylic acids is 1. The molecule has 1 aromatic heterocycles. The summed E-state index contributed by atoms with van der Waals surface area (Å²) < 4.78 is 35.4. The van der Waals surface area contributed by atoms with Gasteiger partial charge in [0.05, 0.1) is 36.1 Å². The molecule has 3 aromatic rings.